The molecular formula is C25H24ClN3O3S. The summed E-state index contributed by atoms with van der Waals surface area (Å²) in [6.07, 6.45) is 0.614. The number of halogens is 1. The summed E-state index contributed by atoms with van der Waals surface area (Å²) in [5, 5.41) is 8.28. The zero-order valence-corrected chi connectivity index (χ0v) is 19.9. The number of nitrogens with zero attached hydrogens (tertiary/aromatic N) is 3. The van der Waals surface area contributed by atoms with E-state index >= 15 is 0 Å². The number of aryl methyl sites for hydroxylation is 1. The third-order valence-electron chi connectivity index (χ3n) is 5.39. The Morgan fingerprint density at radius 3 is 2.30 bits per heavy atom. The second-order valence-corrected chi connectivity index (χ2v) is 9.99. The Labute approximate surface area is 198 Å². The highest BCUT2D eigenvalue weighted by Gasteiger charge is 2.32. The zero-order valence-electron chi connectivity index (χ0n) is 18.3. The lowest BCUT2D eigenvalue weighted by Gasteiger charge is -2.31. The Morgan fingerprint density at radius 2 is 1.70 bits per heavy atom. The van der Waals surface area contributed by atoms with Crippen LogP contribution < -0.4 is 0 Å². The van der Waals surface area contributed by atoms with E-state index in [9.17, 15) is 8.42 Å². The highest BCUT2D eigenvalue weighted by molar-refractivity contribution is 7.89. The molecule has 6 nitrogen and oxygen atoms in total. The Bertz CT molecular complexity index is 1320. The minimum absolute atomic E-state index is 0.169. The molecule has 0 amide bonds. The van der Waals surface area contributed by atoms with Crippen LogP contribution in [-0.2, 0) is 16.6 Å². The van der Waals surface area contributed by atoms with Gasteiger partial charge in [0.25, 0.3) is 0 Å². The number of aromatic nitrogens is 2. The fourth-order valence-electron chi connectivity index (χ4n) is 3.75. The minimum Gasteiger partial charge on any atom is -0.421 e. The van der Waals surface area contributed by atoms with Crippen LogP contribution in [0.5, 0.6) is 0 Å². The average molecular weight is 482 g/mol. The van der Waals surface area contributed by atoms with Crippen LogP contribution >= 0.6 is 11.6 Å². The average Bonchev–Trinajstić information content (AvgIpc) is 3.26. The van der Waals surface area contributed by atoms with E-state index in [1.54, 1.807) is 29.4 Å². The molecule has 0 aliphatic heterocycles. The van der Waals surface area contributed by atoms with Crippen molar-refractivity contribution in [2.45, 2.75) is 37.8 Å². The van der Waals surface area contributed by atoms with Crippen LogP contribution in [0.25, 0.3) is 11.5 Å². The summed E-state index contributed by atoms with van der Waals surface area (Å²) in [6.45, 7) is 3.92. The molecule has 0 saturated heterocycles. The van der Waals surface area contributed by atoms with Crippen molar-refractivity contribution in [2.75, 3.05) is 0 Å². The molecule has 170 valence electrons. The number of hydrogen-bond donors (Lipinski definition) is 0. The van der Waals surface area contributed by atoms with Crippen LogP contribution in [0.3, 0.4) is 0 Å². The summed E-state index contributed by atoms with van der Waals surface area (Å²) < 4.78 is 34.6. The molecular weight excluding hydrogens is 458 g/mol. The first-order valence-corrected chi connectivity index (χ1v) is 12.4. The predicted octanol–water partition coefficient (Wildman–Crippen LogP) is 6.04. The topological polar surface area (TPSA) is 76.3 Å². The van der Waals surface area contributed by atoms with Gasteiger partial charge in [0.15, 0.2) is 0 Å². The Kier molecular flexibility index (Phi) is 6.93. The van der Waals surface area contributed by atoms with Crippen molar-refractivity contribution >= 4 is 21.6 Å². The van der Waals surface area contributed by atoms with E-state index in [0.717, 1.165) is 16.7 Å². The van der Waals surface area contributed by atoms with Crippen LogP contribution in [0.15, 0.2) is 88.2 Å². The van der Waals surface area contributed by atoms with Crippen molar-refractivity contribution in [2.24, 2.45) is 0 Å². The number of rotatable bonds is 8. The van der Waals surface area contributed by atoms with Gasteiger partial charge in [0.05, 0.1) is 10.9 Å². The first-order valence-electron chi connectivity index (χ1n) is 10.6. The lowest BCUT2D eigenvalue weighted by atomic mass is 10.0. The van der Waals surface area contributed by atoms with Gasteiger partial charge in [-0.05, 0) is 47.9 Å². The Balaban J connectivity index is 1.72. The van der Waals surface area contributed by atoms with Gasteiger partial charge >= 0.3 is 0 Å². The third kappa shape index (κ3) is 5.16. The number of hydrogen-bond acceptors (Lipinski definition) is 5. The molecule has 1 aromatic heterocycles. The maximum Gasteiger partial charge on any atom is 0.247 e. The van der Waals surface area contributed by atoms with Crippen molar-refractivity contribution in [3.05, 3.63) is 101 Å². The van der Waals surface area contributed by atoms with Crippen LogP contribution in [-0.4, -0.2) is 22.9 Å². The second kappa shape index (κ2) is 9.87. The van der Waals surface area contributed by atoms with E-state index < -0.39 is 10.0 Å². The molecule has 3 aromatic carbocycles. The summed E-state index contributed by atoms with van der Waals surface area (Å²) in [7, 11) is -3.83. The Morgan fingerprint density at radius 1 is 0.970 bits per heavy atom. The molecule has 1 unspecified atom stereocenters. The molecule has 1 atom stereocenters. The van der Waals surface area contributed by atoms with Crippen molar-refractivity contribution < 1.29 is 12.8 Å². The smallest absolute Gasteiger partial charge is 0.247 e. The van der Waals surface area contributed by atoms with Gasteiger partial charge in [-0.2, -0.15) is 4.31 Å². The molecule has 33 heavy (non-hydrogen) atoms. The third-order valence-corrected chi connectivity index (χ3v) is 7.47. The van der Waals surface area contributed by atoms with E-state index in [2.05, 4.69) is 10.2 Å². The van der Waals surface area contributed by atoms with Crippen molar-refractivity contribution in [1.29, 1.82) is 0 Å². The lowest BCUT2D eigenvalue weighted by Crippen LogP contribution is -2.34. The molecule has 0 radical (unpaired) electrons. The first-order chi connectivity index (χ1) is 15.9. The van der Waals surface area contributed by atoms with Gasteiger partial charge < -0.3 is 4.42 Å². The second-order valence-electron chi connectivity index (χ2n) is 7.67. The molecule has 1 heterocycles. The lowest BCUT2D eigenvalue weighted by molar-refractivity contribution is 0.310. The van der Waals surface area contributed by atoms with Crippen LogP contribution in [0.4, 0.5) is 0 Å². The first kappa shape index (κ1) is 23.2. The summed E-state index contributed by atoms with van der Waals surface area (Å²) in [6, 6.07) is 23.2. The largest absolute Gasteiger partial charge is 0.421 e. The van der Waals surface area contributed by atoms with E-state index in [1.165, 1.54) is 6.07 Å². The highest BCUT2D eigenvalue weighted by Crippen LogP contribution is 2.33. The minimum atomic E-state index is -3.83. The maximum atomic E-state index is 13.8. The number of sulfonamides is 1. The van der Waals surface area contributed by atoms with Crippen molar-refractivity contribution in [1.82, 2.24) is 14.5 Å². The van der Waals surface area contributed by atoms with Crippen LogP contribution in [0.2, 0.25) is 5.02 Å². The normalized spacial score (nSPS) is 12.7. The number of benzene rings is 3. The van der Waals surface area contributed by atoms with E-state index in [-0.39, 0.29) is 17.5 Å². The molecule has 4 aromatic rings. The fourth-order valence-corrected chi connectivity index (χ4v) is 5.73. The molecule has 4 rings (SSSR count). The molecule has 0 spiro atoms. The van der Waals surface area contributed by atoms with Gasteiger partial charge in [-0.15, -0.1) is 10.2 Å². The molecule has 0 saturated carbocycles. The Hall–Kier alpha value is -3.00. The standard InChI is InChI=1S/C25H24ClN3O3S/c1-3-24(20-8-5-4-6-9-20)29(33(30,31)23-11-7-10-22(26)16-23)17-19-12-14-21(15-13-19)25-28-27-18(2)32-25/h4-16,24H,3,17H2,1-2H3. The van der Waals surface area contributed by atoms with Crippen LogP contribution in [0, 0.1) is 6.92 Å². The van der Waals surface area contributed by atoms with Gasteiger partial charge in [0.1, 0.15) is 0 Å². The highest BCUT2D eigenvalue weighted by atomic mass is 35.5. The molecule has 0 fully saturated rings. The van der Waals surface area contributed by atoms with Crippen molar-refractivity contribution in [3.8, 4) is 11.5 Å². The quantitative estimate of drug-likeness (QED) is 0.306. The fraction of sp³-hybridized carbons (Fsp3) is 0.200. The summed E-state index contributed by atoms with van der Waals surface area (Å²) in [4.78, 5) is 0.169. The zero-order chi connectivity index (χ0) is 23.4. The molecule has 0 aliphatic carbocycles. The monoisotopic (exact) mass is 481 g/mol. The molecule has 8 heteroatoms. The molecule has 0 aliphatic rings. The maximum absolute atomic E-state index is 13.8. The van der Waals surface area contributed by atoms with E-state index in [0.29, 0.717) is 23.2 Å². The summed E-state index contributed by atoms with van der Waals surface area (Å²) >= 11 is 6.12. The van der Waals surface area contributed by atoms with E-state index in [4.69, 9.17) is 16.0 Å². The van der Waals surface area contributed by atoms with Crippen molar-refractivity contribution in [3.63, 3.8) is 0 Å². The SMILES string of the molecule is CCC(c1ccccc1)N(Cc1ccc(-c2nnc(C)o2)cc1)S(=O)(=O)c1cccc(Cl)c1. The summed E-state index contributed by atoms with van der Waals surface area (Å²) in [5.74, 6) is 0.916. The summed E-state index contributed by atoms with van der Waals surface area (Å²) in [5.41, 5.74) is 2.55. The predicted molar refractivity (Wildman–Crippen MR) is 128 cm³/mol. The molecule has 0 N–H and O–H groups in total. The van der Waals surface area contributed by atoms with Gasteiger partial charge in [-0.1, -0.05) is 67.1 Å². The van der Waals surface area contributed by atoms with Gasteiger partial charge in [0.2, 0.25) is 21.8 Å². The van der Waals surface area contributed by atoms with E-state index in [1.807, 2.05) is 61.5 Å². The van der Waals surface area contributed by atoms with Gasteiger partial charge in [-0.3, -0.25) is 0 Å². The van der Waals surface area contributed by atoms with Gasteiger partial charge in [0, 0.05) is 24.1 Å². The van der Waals surface area contributed by atoms with Crippen LogP contribution in [0.1, 0.15) is 36.4 Å². The molecule has 0 bridgehead atoms. The van der Waals surface area contributed by atoms with Gasteiger partial charge in [-0.25, -0.2) is 8.42 Å².